The lowest BCUT2D eigenvalue weighted by molar-refractivity contribution is -0.384. The number of nitro benzene ring substituents is 1. The predicted octanol–water partition coefficient (Wildman–Crippen LogP) is 5.16. The van der Waals surface area contributed by atoms with Crippen molar-refractivity contribution in [3.63, 3.8) is 0 Å². The lowest BCUT2D eigenvalue weighted by Crippen LogP contribution is -2.44. The van der Waals surface area contributed by atoms with E-state index in [4.69, 9.17) is 16.6 Å². The van der Waals surface area contributed by atoms with Crippen LogP contribution in [-0.2, 0) is 4.79 Å². The minimum atomic E-state index is -0.485. The van der Waals surface area contributed by atoms with Gasteiger partial charge in [0.25, 0.3) is 17.5 Å². The lowest BCUT2D eigenvalue weighted by Gasteiger charge is -2.15. The molecule has 1 saturated heterocycles. The molecule has 8 nitrogen and oxygen atoms in total. The highest BCUT2D eigenvalue weighted by Crippen LogP contribution is 2.35. The molecule has 2 amide bonds. The van der Waals surface area contributed by atoms with Crippen molar-refractivity contribution in [2.45, 2.75) is 0 Å². The highest BCUT2D eigenvalue weighted by molar-refractivity contribution is 9.10. The number of nitrogens with zero attached hydrogens (tertiary/aromatic N) is 2. The summed E-state index contributed by atoms with van der Waals surface area (Å²) in [7, 11) is 0. The van der Waals surface area contributed by atoms with E-state index in [-0.39, 0.29) is 14.9 Å². The zero-order valence-corrected chi connectivity index (χ0v) is 19.2. The van der Waals surface area contributed by atoms with Crippen molar-refractivity contribution < 1.29 is 18.9 Å². The van der Waals surface area contributed by atoms with Crippen LogP contribution in [0.25, 0.3) is 17.4 Å². The van der Waals surface area contributed by atoms with Gasteiger partial charge in [0.1, 0.15) is 11.5 Å². The third-order valence-corrected chi connectivity index (χ3v) is 6.33. The average Bonchev–Trinajstić information content (AvgIpc) is 3.34. The Morgan fingerprint density at radius 3 is 2.62 bits per heavy atom. The zero-order valence-electron chi connectivity index (χ0n) is 16.0. The fourth-order valence-corrected chi connectivity index (χ4v) is 4.56. The Bertz CT molecular complexity index is 1290. The van der Waals surface area contributed by atoms with Crippen molar-refractivity contribution in [1.82, 2.24) is 10.4 Å². The Balaban J connectivity index is 1.52. The quantitative estimate of drug-likeness (QED) is 0.210. The first-order chi connectivity index (χ1) is 15.3. The topological polar surface area (TPSA) is 106 Å². The summed E-state index contributed by atoms with van der Waals surface area (Å²) in [5.41, 5.74) is 3.49. The number of rotatable bonds is 5. The molecule has 0 radical (unpaired) electrons. The van der Waals surface area contributed by atoms with Crippen molar-refractivity contribution >= 4 is 67.8 Å². The van der Waals surface area contributed by atoms with Crippen LogP contribution in [0.3, 0.4) is 0 Å². The van der Waals surface area contributed by atoms with Crippen molar-refractivity contribution in [2.24, 2.45) is 0 Å². The number of hydrogen-bond acceptors (Lipinski definition) is 7. The molecular weight excluding hydrogens is 518 g/mol. The number of amides is 2. The van der Waals surface area contributed by atoms with Gasteiger partial charge >= 0.3 is 0 Å². The highest BCUT2D eigenvalue weighted by Gasteiger charge is 2.34. The number of nitro groups is 1. The molecule has 11 heteroatoms. The number of thiocarbonyl (C=S) groups is 1. The molecule has 0 spiro atoms. The van der Waals surface area contributed by atoms with E-state index in [1.54, 1.807) is 48.5 Å². The molecule has 2 heterocycles. The summed E-state index contributed by atoms with van der Waals surface area (Å²) in [4.78, 5) is 35.8. The first-order valence-electron chi connectivity index (χ1n) is 9.01. The first kappa shape index (κ1) is 21.9. The molecule has 1 aromatic heterocycles. The average molecular weight is 530 g/mol. The Labute approximate surface area is 199 Å². The molecule has 1 fully saturated rings. The molecule has 32 heavy (non-hydrogen) atoms. The van der Waals surface area contributed by atoms with E-state index >= 15 is 0 Å². The summed E-state index contributed by atoms with van der Waals surface area (Å²) in [6.07, 6.45) is 1.52. The van der Waals surface area contributed by atoms with Crippen molar-refractivity contribution in [3.8, 4) is 11.3 Å². The normalized spacial score (nSPS) is 14.8. The standard InChI is InChI=1S/C21H12BrN3O5S2/c22-16-10-13(25(28)29)6-8-15(16)17-9-7-14(30-17)11-18-20(27)24(21(31)32-18)23-19(26)12-4-2-1-3-5-12/h1-11H,(H,23,26)/b18-11+. The highest BCUT2D eigenvalue weighted by atomic mass is 79.9. The van der Waals surface area contributed by atoms with Gasteiger partial charge in [0.15, 0.2) is 4.32 Å². The summed E-state index contributed by atoms with van der Waals surface area (Å²) in [5, 5.41) is 11.9. The van der Waals surface area contributed by atoms with Crippen molar-refractivity contribution in [3.05, 3.63) is 91.5 Å². The smallest absolute Gasteiger partial charge is 0.285 e. The number of non-ortho nitro benzene ring substituents is 1. The van der Waals surface area contributed by atoms with Gasteiger partial charge in [0.2, 0.25) is 0 Å². The van der Waals surface area contributed by atoms with Crippen LogP contribution in [0.1, 0.15) is 16.1 Å². The number of hydrazine groups is 1. The summed E-state index contributed by atoms with van der Waals surface area (Å²) >= 11 is 9.58. The number of carbonyl (C=O) groups is 2. The van der Waals surface area contributed by atoms with Crippen LogP contribution >= 0.6 is 39.9 Å². The molecule has 160 valence electrons. The number of nitrogens with one attached hydrogen (secondary N) is 1. The van der Waals surface area contributed by atoms with Gasteiger partial charge in [-0.2, -0.15) is 5.01 Å². The summed E-state index contributed by atoms with van der Waals surface area (Å²) in [6, 6.07) is 16.2. The van der Waals surface area contributed by atoms with Gasteiger partial charge in [-0.05, 0) is 58.5 Å². The van der Waals surface area contributed by atoms with Crippen molar-refractivity contribution in [1.29, 1.82) is 0 Å². The number of thioether (sulfide) groups is 1. The van der Waals surface area contributed by atoms with Crippen LogP contribution in [0.2, 0.25) is 0 Å². The number of benzene rings is 2. The molecule has 1 N–H and O–H groups in total. The van der Waals surface area contributed by atoms with Gasteiger partial charge < -0.3 is 4.42 Å². The van der Waals surface area contributed by atoms with E-state index in [2.05, 4.69) is 21.4 Å². The SMILES string of the molecule is O=C(NN1C(=O)/C(=C\c2ccc(-c3ccc([N+](=O)[O-])cc3Br)o2)SC1=S)c1ccccc1. The van der Waals surface area contributed by atoms with Crippen LogP contribution < -0.4 is 5.43 Å². The third kappa shape index (κ3) is 4.49. The Hall–Kier alpha value is -3.28. The van der Waals surface area contributed by atoms with E-state index in [0.717, 1.165) is 16.8 Å². The number of furan rings is 1. The second-order valence-corrected chi connectivity index (χ2v) is 8.98. The summed E-state index contributed by atoms with van der Waals surface area (Å²) in [6.45, 7) is 0. The lowest BCUT2D eigenvalue weighted by atomic mass is 10.1. The maximum absolute atomic E-state index is 12.7. The van der Waals surface area contributed by atoms with E-state index in [1.807, 2.05) is 0 Å². The molecule has 0 saturated carbocycles. The van der Waals surface area contributed by atoms with Gasteiger partial charge in [-0.3, -0.25) is 25.1 Å². The van der Waals surface area contributed by atoms with Gasteiger partial charge in [-0.1, -0.05) is 30.0 Å². The molecule has 2 aromatic carbocycles. The van der Waals surface area contributed by atoms with Crippen LogP contribution in [0, 0.1) is 10.1 Å². The third-order valence-electron chi connectivity index (χ3n) is 4.37. The molecule has 1 aliphatic heterocycles. The van der Waals surface area contributed by atoms with Gasteiger partial charge in [0.05, 0.1) is 9.83 Å². The maximum atomic E-state index is 12.7. The molecule has 1 aliphatic rings. The zero-order chi connectivity index (χ0) is 22.8. The van der Waals surface area contributed by atoms with Crippen molar-refractivity contribution in [2.75, 3.05) is 0 Å². The van der Waals surface area contributed by atoms with Gasteiger partial charge in [-0.15, -0.1) is 0 Å². The second-order valence-electron chi connectivity index (χ2n) is 6.45. The summed E-state index contributed by atoms with van der Waals surface area (Å²) < 4.78 is 6.48. The second kappa shape index (κ2) is 9.07. The number of carbonyl (C=O) groups excluding carboxylic acids is 2. The van der Waals surface area contributed by atoms with Gasteiger partial charge in [0, 0.05) is 33.8 Å². The molecule has 0 atom stereocenters. The Morgan fingerprint density at radius 1 is 1.19 bits per heavy atom. The van der Waals surface area contributed by atoms with Gasteiger partial charge in [-0.25, -0.2) is 0 Å². The molecular formula is C21H12BrN3O5S2. The monoisotopic (exact) mass is 529 g/mol. The first-order valence-corrected chi connectivity index (χ1v) is 11.0. The van der Waals surface area contributed by atoms with Crippen LogP contribution in [0.5, 0.6) is 0 Å². The number of hydrogen-bond donors (Lipinski definition) is 1. The van der Waals surface area contributed by atoms with Crippen LogP contribution in [0.4, 0.5) is 5.69 Å². The van der Waals surface area contributed by atoms with Crippen LogP contribution in [-0.4, -0.2) is 26.1 Å². The Morgan fingerprint density at radius 2 is 1.94 bits per heavy atom. The van der Waals surface area contributed by atoms with E-state index in [9.17, 15) is 19.7 Å². The predicted molar refractivity (Wildman–Crippen MR) is 127 cm³/mol. The molecule has 0 unspecified atom stereocenters. The minimum absolute atomic E-state index is 0.0476. The molecule has 0 bridgehead atoms. The maximum Gasteiger partial charge on any atom is 0.285 e. The van der Waals surface area contributed by atoms with E-state index in [1.165, 1.54) is 18.2 Å². The fourth-order valence-electron chi connectivity index (χ4n) is 2.84. The molecule has 3 aromatic rings. The largest absolute Gasteiger partial charge is 0.457 e. The van der Waals surface area contributed by atoms with E-state index in [0.29, 0.717) is 27.1 Å². The van der Waals surface area contributed by atoms with Crippen LogP contribution in [0.15, 0.2) is 74.5 Å². The summed E-state index contributed by atoms with van der Waals surface area (Å²) in [5.74, 6) is -0.0729. The minimum Gasteiger partial charge on any atom is -0.457 e. The van der Waals surface area contributed by atoms with E-state index < -0.39 is 16.7 Å². The molecule has 0 aliphatic carbocycles. The molecule has 4 rings (SSSR count). The fraction of sp³-hybridized carbons (Fsp3) is 0. The number of halogens is 1. The Kier molecular flexibility index (Phi) is 6.21.